The summed E-state index contributed by atoms with van der Waals surface area (Å²) in [5.41, 5.74) is 12.9. The van der Waals surface area contributed by atoms with Gasteiger partial charge in [0.15, 0.2) is 15.5 Å². The number of phenols is 1. The number of nitrogen functional groups attached to an aromatic ring is 1. The molecule has 7 nitrogen and oxygen atoms in total. The van der Waals surface area contributed by atoms with E-state index in [0.717, 1.165) is 6.26 Å². The number of anilines is 1. The second-order valence-electron chi connectivity index (χ2n) is 5.99. The highest BCUT2D eigenvalue weighted by Crippen LogP contribution is 2.41. The van der Waals surface area contributed by atoms with E-state index in [1.165, 1.54) is 18.2 Å². The Morgan fingerprint density at radius 2 is 1.81 bits per heavy atom. The molecule has 0 bridgehead atoms. The van der Waals surface area contributed by atoms with Gasteiger partial charge in [0, 0.05) is 17.2 Å². The van der Waals surface area contributed by atoms with Crippen molar-refractivity contribution >= 4 is 32.3 Å². The molecule has 1 amide bonds. The average molecular weight is 371 g/mol. The standard InChI is InChI=1S/C18H17N3O4S/c1-9-10(5-3-7-12(9)22)14-15-11(21-17(16(14)19)18(20)23)6-4-8-13(15)26(2,24)25/h3-8,22H,19H2,1-2H3,(H2,20,23). The molecule has 3 rings (SSSR count). The number of carbonyl (C=O) groups excluding carboxylic acids is 1. The number of carbonyl (C=O) groups is 1. The zero-order valence-electron chi connectivity index (χ0n) is 14.1. The van der Waals surface area contributed by atoms with Crippen molar-refractivity contribution in [3.63, 3.8) is 0 Å². The Labute approximate surface area is 150 Å². The average Bonchev–Trinajstić information content (AvgIpc) is 2.56. The molecule has 5 N–H and O–H groups in total. The third-order valence-corrected chi connectivity index (χ3v) is 5.36. The number of aromatic hydroxyl groups is 1. The number of phenolic OH excluding ortho intramolecular Hbond substituents is 1. The first-order valence-electron chi connectivity index (χ1n) is 7.64. The van der Waals surface area contributed by atoms with Crippen LogP contribution in [0.4, 0.5) is 5.69 Å². The van der Waals surface area contributed by atoms with Gasteiger partial charge in [0.05, 0.1) is 16.1 Å². The van der Waals surface area contributed by atoms with E-state index in [1.54, 1.807) is 25.1 Å². The highest BCUT2D eigenvalue weighted by molar-refractivity contribution is 7.91. The van der Waals surface area contributed by atoms with E-state index >= 15 is 0 Å². The number of pyridine rings is 1. The van der Waals surface area contributed by atoms with Gasteiger partial charge in [-0.15, -0.1) is 0 Å². The minimum atomic E-state index is -3.61. The fourth-order valence-electron chi connectivity index (χ4n) is 2.97. The zero-order valence-corrected chi connectivity index (χ0v) is 15.0. The molecular formula is C18H17N3O4S. The number of hydrogen-bond acceptors (Lipinski definition) is 6. The molecule has 2 aromatic carbocycles. The Balaban J connectivity index is 2.63. The van der Waals surface area contributed by atoms with Crippen molar-refractivity contribution in [3.8, 4) is 16.9 Å². The first kappa shape index (κ1) is 17.7. The topological polar surface area (TPSA) is 136 Å². The van der Waals surface area contributed by atoms with Crippen LogP contribution in [-0.4, -0.2) is 30.7 Å². The predicted octanol–water partition coefficient (Wildman–Crippen LogP) is 2.00. The van der Waals surface area contributed by atoms with Crippen molar-refractivity contribution in [3.05, 3.63) is 47.7 Å². The van der Waals surface area contributed by atoms with E-state index in [-0.39, 0.29) is 32.9 Å². The Bertz CT molecular complexity index is 1170. The summed E-state index contributed by atoms with van der Waals surface area (Å²) < 4.78 is 24.6. The van der Waals surface area contributed by atoms with Gasteiger partial charge in [-0.05, 0) is 36.2 Å². The van der Waals surface area contributed by atoms with Crippen molar-refractivity contribution in [2.45, 2.75) is 11.8 Å². The molecule has 0 fully saturated rings. The molecule has 0 atom stereocenters. The number of rotatable bonds is 3. The van der Waals surface area contributed by atoms with E-state index in [4.69, 9.17) is 11.5 Å². The third-order valence-electron chi connectivity index (χ3n) is 4.22. The summed E-state index contributed by atoms with van der Waals surface area (Å²) in [6, 6.07) is 9.36. The molecule has 0 aliphatic heterocycles. The summed E-state index contributed by atoms with van der Waals surface area (Å²) in [6.07, 6.45) is 1.08. The Hall–Kier alpha value is -3.13. The van der Waals surface area contributed by atoms with Gasteiger partial charge in [0.25, 0.3) is 5.91 Å². The Morgan fingerprint density at radius 3 is 2.42 bits per heavy atom. The molecule has 0 saturated heterocycles. The lowest BCUT2D eigenvalue weighted by atomic mass is 9.94. The van der Waals surface area contributed by atoms with Crippen LogP contribution in [0.15, 0.2) is 41.3 Å². The van der Waals surface area contributed by atoms with Crippen LogP contribution < -0.4 is 11.5 Å². The molecule has 134 valence electrons. The largest absolute Gasteiger partial charge is 0.508 e. The molecule has 1 heterocycles. The van der Waals surface area contributed by atoms with Crippen LogP contribution >= 0.6 is 0 Å². The van der Waals surface area contributed by atoms with Crippen LogP contribution in [0.25, 0.3) is 22.0 Å². The normalized spacial score (nSPS) is 11.6. The molecule has 8 heteroatoms. The summed E-state index contributed by atoms with van der Waals surface area (Å²) in [6.45, 7) is 1.67. The van der Waals surface area contributed by atoms with Crippen LogP contribution in [0, 0.1) is 6.92 Å². The summed E-state index contributed by atoms with van der Waals surface area (Å²) >= 11 is 0. The number of nitrogens with zero attached hydrogens (tertiary/aromatic N) is 1. The van der Waals surface area contributed by atoms with Crippen LogP contribution in [0.5, 0.6) is 5.75 Å². The maximum absolute atomic E-state index is 12.3. The summed E-state index contributed by atoms with van der Waals surface area (Å²) in [7, 11) is -3.61. The lowest BCUT2D eigenvalue weighted by Gasteiger charge is -2.17. The number of fused-ring (bicyclic) bond motifs is 1. The second-order valence-corrected chi connectivity index (χ2v) is 7.97. The Kier molecular flexibility index (Phi) is 4.08. The van der Waals surface area contributed by atoms with Crippen LogP contribution in [0.1, 0.15) is 16.1 Å². The first-order valence-corrected chi connectivity index (χ1v) is 9.53. The monoisotopic (exact) mass is 371 g/mol. The number of hydrogen-bond donors (Lipinski definition) is 3. The number of sulfone groups is 1. The van der Waals surface area contributed by atoms with Crippen LogP contribution in [0.3, 0.4) is 0 Å². The highest BCUT2D eigenvalue weighted by atomic mass is 32.2. The van der Waals surface area contributed by atoms with Crippen molar-refractivity contribution < 1.29 is 18.3 Å². The summed E-state index contributed by atoms with van der Waals surface area (Å²) in [5, 5.41) is 10.3. The number of nitrogens with two attached hydrogens (primary N) is 2. The number of aromatic nitrogens is 1. The maximum Gasteiger partial charge on any atom is 0.269 e. The van der Waals surface area contributed by atoms with Gasteiger partial charge in [-0.2, -0.15) is 0 Å². The van der Waals surface area contributed by atoms with Gasteiger partial charge < -0.3 is 16.6 Å². The molecule has 0 aliphatic carbocycles. The quantitative estimate of drug-likeness (QED) is 0.644. The minimum absolute atomic E-state index is 0.0179. The molecule has 0 radical (unpaired) electrons. The maximum atomic E-state index is 12.3. The molecule has 0 aliphatic rings. The van der Waals surface area contributed by atoms with Gasteiger partial charge in [0.2, 0.25) is 0 Å². The SMILES string of the molecule is Cc1c(O)cccc1-c1c(N)c(C(N)=O)nc2cccc(S(C)(=O)=O)c12. The molecule has 26 heavy (non-hydrogen) atoms. The molecule has 3 aromatic rings. The van der Waals surface area contributed by atoms with Gasteiger partial charge in [0.1, 0.15) is 5.75 Å². The number of benzene rings is 2. The van der Waals surface area contributed by atoms with E-state index in [1.807, 2.05) is 0 Å². The number of amides is 1. The van der Waals surface area contributed by atoms with Gasteiger partial charge in [-0.25, -0.2) is 13.4 Å². The van der Waals surface area contributed by atoms with Crippen LogP contribution in [0.2, 0.25) is 0 Å². The van der Waals surface area contributed by atoms with Gasteiger partial charge >= 0.3 is 0 Å². The van der Waals surface area contributed by atoms with Gasteiger partial charge in [-0.1, -0.05) is 18.2 Å². The highest BCUT2D eigenvalue weighted by Gasteiger charge is 2.24. The summed E-state index contributed by atoms with van der Waals surface area (Å²) in [4.78, 5) is 16.0. The first-order chi connectivity index (χ1) is 12.1. The lowest BCUT2D eigenvalue weighted by molar-refractivity contribution is 0.0997. The van der Waals surface area contributed by atoms with E-state index in [0.29, 0.717) is 16.7 Å². The van der Waals surface area contributed by atoms with Crippen molar-refractivity contribution in [1.82, 2.24) is 4.98 Å². The number of primary amides is 1. The molecular weight excluding hydrogens is 354 g/mol. The third kappa shape index (κ3) is 2.74. The van der Waals surface area contributed by atoms with E-state index in [9.17, 15) is 18.3 Å². The molecule has 0 unspecified atom stereocenters. The molecule has 0 spiro atoms. The predicted molar refractivity (Wildman–Crippen MR) is 99.6 cm³/mol. The minimum Gasteiger partial charge on any atom is -0.508 e. The lowest BCUT2D eigenvalue weighted by Crippen LogP contribution is -2.17. The summed E-state index contributed by atoms with van der Waals surface area (Å²) in [5.74, 6) is -0.808. The fourth-order valence-corrected chi connectivity index (χ4v) is 3.87. The van der Waals surface area contributed by atoms with Crippen molar-refractivity contribution in [2.24, 2.45) is 5.73 Å². The molecule has 0 saturated carbocycles. The van der Waals surface area contributed by atoms with Gasteiger partial charge in [-0.3, -0.25) is 4.79 Å². The zero-order chi connectivity index (χ0) is 19.2. The van der Waals surface area contributed by atoms with Crippen LogP contribution in [-0.2, 0) is 9.84 Å². The van der Waals surface area contributed by atoms with Crippen molar-refractivity contribution in [1.29, 1.82) is 0 Å². The molecule has 1 aromatic heterocycles. The Morgan fingerprint density at radius 1 is 1.15 bits per heavy atom. The van der Waals surface area contributed by atoms with Crippen molar-refractivity contribution in [2.75, 3.05) is 12.0 Å². The van der Waals surface area contributed by atoms with E-state index < -0.39 is 15.7 Å². The fraction of sp³-hybridized carbons (Fsp3) is 0.111. The smallest absolute Gasteiger partial charge is 0.269 e. The van der Waals surface area contributed by atoms with E-state index in [2.05, 4.69) is 4.98 Å². The second kappa shape index (κ2) is 5.99.